The number of carbonyl (C=O) groups is 1. The highest BCUT2D eigenvalue weighted by Gasteiger charge is 2.25. The highest BCUT2D eigenvalue weighted by molar-refractivity contribution is 5.91. The fourth-order valence-corrected chi connectivity index (χ4v) is 2.96. The summed E-state index contributed by atoms with van der Waals surface area (Å²) in [7, 11) is 0. The number of nitrogens with one attached hydrogen (secondary N) is 1. The molecular formula is C17H20N4O. The minimum absolute atomic E-state index is 0.0399. The molecule has 1 aromatic heterocycles. The van der Waals surface area contributed by atoms with Gasteiger partial charge in [0.2, 0.25) is 5.91 Å². The third kappa shape index (κ3) is 3.49. The summed E-state index contributed by atoms with van der Waals surface area (Å²) < 4.78 is 0. The maximum absolute atomic E-state index is 12.1. The molecule has 0 spiro atoms. The van der Waals surface area contributed by atoms with E-state index in [0.717, 1.165) is 36.1 Å². The maximum atomic E-state index is 12.1. The summed E-state index contributed by atoms with van der Waals surface area (Å²) in [5.74, 6) is 0.360. The molecule has 2 atom stereocenters. The molecule has 5 nitrogen and oxygen atoms in total. The van der Waals surface area contributed by atoms with Gasteiger partial charge >= 0.3 is 0 Å². The van der Waals surface area contributed by atoms with E-state index in [2.05, 4.69) is 15.3 Å². The molecular weight excluding hydrogens is 276 g/mol. The van der Waals surface area contributed by atoms with Gasteiger partial charge in [0.25, 0.3) is 0 Å². The number of hydrogen-bond donors (Lipinski definition) is 2. The van der Waals surface area contributed by atoms with Crippen LogP contribution in [0.4, 0.5) is 5.69 Å². The standard InChI is InChI=1S/C17H20N4O/c18-16-3-1-2-13(16)8-17(22)21-15-6-4-12(5-7-15)14-9-19-11-20-10-14/h4-7,9-11,13,16H,1-3,8,18H2,(H,21,22)/t13-,16+/m0/s1. The zero-order valence-electron chi connectivity index (χ0n) is 12.4. The Balaban J connectivity index is 1.60. The van der Waals surface area contributed by atoms with Crippen molar-refractivity contribution in [3.8, 4) is 11.1 Å². The van der Waals surface area contributed by atoms with Crippen LogP contribution in [0.25, 0.3) is 11.1 Å². The Labute approximate surface area is 130 Å². The molecule has 5 heteroatoms. The van der Waals surface area contributed by atoms with E-state index in [-0.39, 0.29) is 11.9 Å². The molecule has 2 aromatic rings. The summed E-state index contributed by atoms with van der Waals surface area (Å²) in [6.07, 6.45) is 8.77. The largest absolute Gasteiger partial charge is 0.327 e. The van der Waals surface area contributed by atoms with Crippen LogP contribution < -0.4 is 11.1 Å². The molecule has 3 rings (SSSR count). The van der Waals surface area contributed by atoms with Crippen molar-refractivity contribution in [3.05, 3.63) is 43.0 Å². The van der Waals surface area contributed by atoms with Gasteiger partial charge in [-0.3, -0.25) is 4.79 Å². The van der Waals surface area contributed by atoms with Crippen molar-refractivity contribution >= 4 is 11.6 Å². The normalized spacial score (nSPS) is 20.8. The van der Waals surface area contributed by atoms with E-state index >= 15 is 0 Å². The number of anilines is 1. The second-order valence-electron chi connectivity index (χ2n) is 5.81. The van der Waals surface area contributed by atoms with Gasteiger partial charge in [0.05, 0.1) is 0 Å². The molecule has 1 fully saturated rings. The summed E-state index contributed by atoms with van der Waals surface area (Å²) in [5, 5.41) is 2.94. The Morgan fingerprint density at radius 1 is 1.14 bits per heavy atom. The van der Waals surface area contributed by atoms with Crippen molar-refractivity contribution < 1.29 is 4.79 Å². The Bertz CT molecular complexity index is 627. The molecule has 1 amide bonds. The Kier molecular flexibility index (Phi) is 4.44. The number of benzene rings is 1. The van der Waals surface area contributed by atoms with Gasteiger partial charge in [-0.1, -0.05) is 18.6 Å². The quantitative estimate of drug-likeness (QED) is 0.908. The summed E-state index contributed by atoms with van der Waals surface area (Å²) >= 11 is 0. The van der Waals surface area contributed by atoms with Gasteiger partial charge in [-0.05, 0) is 36.5 Å². The first kappa shape index (κ1) is 14.7. The van der Waals surface area contributed by atoms with Gasteiger partial charge in [0, 0.05) is 36.1 Å². The molecule has 0 bridgehead atoms. The molecule has 0 aliphatic heterocycles. The average molecular weight is 296 g/mol. The molecule has 114 valence electrons. The first-order chi connectivity index (χ1) is 10.7. The Morgan fingerprint density at radius 3 is 2.50 bits per heavy atom. The van der Waals surface area contributed by atoms with E-state index < -0.39 is 0 Å². The fourth-order valence-electron chi connectivity index (χ4n) is 2.96. The van der Waals surface area contributed by atoms with Crippen molar-refractivity contribution in [1.82, 2.24) is 9.97 Å². The molecule has 1 aliphatic carbocycles. The third-order valence-corrected chi connectivity index (χ3v) is 4.23. The summed E-state index contributed by atoms with van der Waals surface area (Å²) in [5.41, 5.74) is 8.80. The van der Waals surface area contributed by atoms with Crippen LogP contribution in [-0.4, -0.2) is 21.9 Å². The highest BCUT2D eigenvalue weighted by atomic mass is 16.1. The minimum Gasteiger partial charge on any atom is -0.327 e. The molecule has 0 radical (unpaired) electrons. The van der Waals surface area contributed by atoms with Gasteiger partial charge in [0.1, 0.15) is 6.33 Å². The van der Waals surface area contributed by atoms with E-state index in [1.165, 1.54) is 6.33 Å². The lowest BCUT2D eigenvalue weighted by molar-refractivity contribution is -0.117. The second kappa shape index (κ2) is 6.66. The zero-order valence-corrected chi connectivity index (χ0v) is 12.4. The van der Waals surface area contributed by atoms with Crippen molar-refractivity contribution in [2.75, 3.05) is 5.32 Å². The molecule has 22 heavy (non-hydrogen) atoms. The molecule has 1 aromatic carbocycles. The SMILES string of the molecule is N[C@@H]1CCC[C@H]1CC(=O)Nc1ccc(-c2cncnc2)cc1. The van der Waals surface area contributed by atoms with Crippen molar-refractivity contribution in [1.29, 1.82) is 0 Å². The predicted molar refractivity (Wildman–Crippen MR) is 86.0 cm³/mol. The van der Waals surface area contributed by atoms with Crippen molar-refractivity contribution in [2.45, 2.75) is 31.7 Å². The van der Waals surface area contributed by atoms with E-state index in [1.807, 2.05) is 24.3 Å². The number of nitrogens with zero attached hydrogens (tertiary/aromatic N) is 2. The number of aromatic nitrogens is 2. The lowest BCUT2D eigenvalue weighted by Crippen LogP contribution is -2.28. The van der Waals surface area contributed by atoms with Crippen molar-refractivity contribution in [3.63, 3.8) is 0 Å². The van der Waals surface area contributed by atoms with E-state index in [1.54, 1.807) is 12.4 Å². The molecule has 0 saturated heterocycles. The molecule has 1 saturated carbocycles. The molecule has 1 heterocycles. The summed E-state index contributed by atoms with van der Waals surface area (Å²) in [4.78, 5) is 20.1. The number of carbonyl (C=O) groups excluding carboxylic acids is 1. The Hall–Kier alpha value is -2.27. The van der Waals surface area contributed by atoms with Crippen LogP contribution >= 0.6 is 0 Å². The lowest BCUT2D eigenvalue weighted by Gasteiger charge is -2.14. The van der Waals surface area contributed by atoms with E-state index in [4.69, 9.17) is 5.73 Å². The summed E-state index contributed by atoms with van der Waals surface area (Å²) in [6.45, 7) is 0. The zero-order chi connectivity index (χ0) is 15.4. The topological polar surface area (TPSA) is 80.9 Å². The fraction of sp³-hybridized carbons (Fsp3) is 0.353. The Morgan fingerprint density at radius 2 is 1.86 bits per heavy atom. The van der Waals surface area contributed by atoms with Gasteiger partial charge < -0.3 is 11.1 Å². The number of amides is 1. The first-order valence-electron chi connectivity index (χ1n) is 7.63. The third-order valence-electron chi connectivity index (χ3n) is 4.23. The number of nitrogens with two attached hydrogens (primary N) is 1. The van der Waals surface area contributed by atoms with E-state index in [9.17, 15) is 4.79 Å². The van der Waals surface area contributed by atoms with Gasteiger partial charge in [0.15, 0.2) is 0 Å². The number of rotatable bonds is 4. The predicted octanol–water partition coefficient (Wildman–Crippen LogP) is 2.60. The molecule has 0 unspecified atom stereocenters. The molecule has 3 N–H and O–H groups in total. The van der Waals surface area contributed by atoms with Crippen molar-refractivity contribution in [2.24, 2.45) is 11.7 Å². The van der Waals surface area contributed by atoms with Crippen LogP contribution in [0.1, 0.15) is 25.7 Å². The monoisotopic (exact) mass is 296 g/mol. The van der Waals surface area contributed by atoms with Crippen LogP contribution in [0.5, 0.6) is 0 Å². The van der Waals surface area contributed by atoms with Crippen LogP contribution in [0, 0.1) is 5.92 Å². The second-order valence-corrected chi connectivity index (χ2v) is 5.81. The van der Waals surface area contributed by atoms with Crippen LogP contribution in [0.2, 0.25) is 0 Å². The van der Waals surface area contributed by atoms with Crippen LogP contribution in [-0.2, 0) is 4.79 Å². The minimum atomic E-state index is 0.0399. The van der Waals surface area contributed by atoms with Gasteiger partial charge in [-0.2, -0.15) is 0 Å². The van der Waals surface area contributed by atoms with Gasteiger partial charge in [-0.25, -0.2) is 9.97 Å². The first-order valence-corrected chi connectivity index (χ1v) is 7.63. The number of hydrogen-bond acceptors (Lipinski definition) is 4. The van der Waals surface area contributed by atoms with Gasteiger partial charge in [-0.15, -0.1) is 0 Å². The van der Waals surface area contributed by atoms with Crippen LogP contribution in [0.3, 0.4) is 0 Å². The van der Waals surface area contributed by atoms with E-state index in [0.29, 0.717) is 12.3 Å². The summed E-state index contributed by atoms with van der Waals surface area (Å²) in [6, 6.07) is 7.88. The highest BCUT2D eigenvalue weighted by Crippen LogP contribution is 2.27. The van der Waals surface area contributed by atoms with Crippen LogP contribution in [0.15, 0.2) is 43.0 Å². The lowest BCUT2D eigenvalue weighted by atomic mass is 10.00. The smallest absolute Gasteiger partial charge is 0.224 e. The maximum Gasteiger partial charge on any atom is 0.224 e. The average Bonchev–Trinajstić information content (AvgIpc) is 2.94. The molecule has 1 aliphatic rings.